The lowest BCUT2D eigenvalue weighted by Gasteiger charge is -2.08. The van der Waals surface area contributed by atoms with Crippen molar-refractivity contribution in [1.29, 1.82) is 0 Å². The van der Waals surface area contributed by atoms with Crippen molar-refractivity contribution in [3.8, 4) is 17.2 Å². The molecule has 0 saturated carbocycles. The maximum atomic E-state index is 11.7. The summed E-state index contributed by atoms with van der Waals surface area (Å²) in [4.78, 5) is 20.3. The summed E-state index contributed by atoms with van der Waals surface area (Å²) < 4.78 is 6.68. The van der Waals surface area contributed by atoms with Crippen LogP contribution in [0.1, 0.15) is 15.9 Å². The standard InChI is InChI=1S/C17H15N3O2/c1-12-3-5-14(6-4-12)20-10-9-19-16(20)15-11-13(7-8-18-15)17(21)22-2/h3-11H,1-2H3. The third-order valence-corrected chi connectivity index (χ3v) is 3.36. The molecule has 0 atom stereocenters. The predicted molar refractivity (Wildman–Crippen MR) is 82.9 cm³/mol. The molecule has 0 unspecified atom stereocenters. The van der Waals surface area contributed by atoms with Crippen LogP contribution in [0.5, 0.6) is 0 Å². The Hall–Kier alpha value is -2.95. The van der Waals surface area contributed by atoms with Gasteiger partial charge in [0.15, 0.2) is 5.82 Å². The summed E-state index contributed by atoms with van der Waals surface area (Å²) >= 11 is 0. The van der Waals surface area contributed by atoms with Gasteiger partial charge in [-0.15, -0.1) is 0 Å². The van der Waals surface area contributed by atoms with Crippen molar-refractivity contribution in [3.05, 3.63) is 66.1 Å². The monoisotopic (exact) mass is 293 g/mol. The maximum Gasteiger partial charge on any atom is 0.337 e. The van der Waals surface area contributed by atoms with E-state index in [9.17, 15) is 4.79 Å². The van der Waals surface area contributed by atoms with E-state index in [4.69, 9.17) is 4.74 Å². The van der Waals surface area contributed by atoms with E-state index in [1.807, 2.05) is 42.0 Å². The van der Waals surface area contributed by atoms with Gasteiger partial charge >= 0.3 is 5.97 Å². The molecule has 0 bridgehead atoms. The lowest BCUT2D eigenvalue weighted by Crippen LogP contribution is -2.03. The van der Waals surface area contributed by atoms with Crippen LogP contribution in [-0.4, -0.2) is 27.6 Å². The molecule has 0 saturated heterocycles. The molecule has 0 aliphatic heterocycles. The molecule has 3 aromatic rings. The summed E-state index contributed by atoms with van der Waals surface area (Å²) in [6.07, 6.45) is 5.16. The molecular formula is C17H15N3O2. The molecule has 0 radical (unpaired) electrons. The first kappa shape index (κ1) is 14.0. The van der Waals surface area contributed by atoms with Crippen LogP contribution in [0.3, 0.4) is 0 Å². The average molecular weight is 293 g/mol. The Morgan fingerprint density at radius 1 is 1.09 bits per heavy atom. The quantitative estimate of drug-likeness (QED) is 0.696. The summed E-state index contributed by atoms with van der Waals surface area (Å²) in [5.41, 5.74) is 3.25. The van der Waals surface area contributed by atoms with Gasteiger partial charge in [-0.1, -0.05) is 17.7 Å². The van der Waals surface area contributed by atoms with Crippen molar-refractivity contribution in [2.75, 3.05) is 7.11 Å². The van der Waals surface area contributed by atoms with Crippen LogP contribution in [0.15, 0.2) is 55.0 Å². The highest BCUT2D eigenvalue weighted by Gasteiger charge is 2.12. The molecule has 5 heteroatoms. The number of esters is 1. The smallest absolute Gasteiger partial charge is 0.337 e. The minimum Gasteiger partial charge on any atom is -0.465 e. The van der Waals surface area contributed by atoms with Crippen LogP contribution in [-0.2, 0) is 4.74 Å². The van der Waals surface area contributed by atoms with Gasteiger partial charge in [-0.2, -0.15) is 0 Å². The molecule has 2 aromatic heterocycles. The zero-order valence-corrected chi connectivity index (χ0v) is 12.4. The van der Waals surface area contributed by atoms with Gasteiger partial charge in [0, 0.05) is 24.3 Å². The molecule has 0 aliphatic carbocycles. The largest absolute Gasteiger partial charge is 0.465 e. The number of hydrogen-bond donors (Lipinski definition) is 0. The number of aryl methyl sites for hydroxylation is 1. The van der Waals surface area contributed by atoms with Gasteiger partial charge in [0.25, 0.3) is 0 Å². The number of hydrogen-bond acceptors (Lipinski definition) is 4. The first-order valence-corrected chi connectivity index (χ1v) is 6.84. The number of benzene rings is 1. The van der Waals surface area contributed by atoms with Crippen molar-refractivity contribution in [3.63, 3.8) is 0 Å². The number of rotatable bonds is 3. The fourth-order valence-electron chi connectivity index (χ4n) is 2.20. The van der Waals surface area contributed by atoms with Gasteiger partial charge in [0.2, 0.25) is 0 Å². The number of ether oxygens (including phenoxy) is 1. The van der Waals surface area contributed by atoms with E-state index in [1.54, 1.807) is 24.5 Å². The SMILES string of the molecule is COC(=O)c1ccnc(-c2nccn2-c2ccc(C)cc2)c1. The van der Waals surface area contributed by atoms with Gasteiger partial charge in [0.1, 0.15) is 5.69 Å². The summed E-state index contributed by atoms with van der Waals surface area (Å²) in [5.74, 6) is 0.284. The average Bonchev–Trinajstić information content (AvgIpc) is 3.04. The minimum absolute atomic E-state index is 0.392. The van der Waals surface area contributed by atoms with E-state index in [-0.39, 0.29) is 0 Å². The topological polar surface area (TPSA) is 57.0 Å². The van der Waals surface area contributed by atoms with Crippen LogP contribution < -0.4 is 0 Å². The second kappa shape index (κ2) is 5.81. The van der Waals surface area contributed by atoms with E-state index < -0.39 is 5.97 Å². The number of carbonyl (C=O) groups excluding carboxylic acids is 1. The number of carbonyl (C=O) groups is 1. The molecule has 0 N–H and O–H groups in total. The highest BCUT2D eigenvalue weighted by Crippen LogP contribution is 2.21. The molecule has 0 aliphatic rings. The van der Waals surface area contributed by atoms with E-state index in [2.05, 4.69) is 9.97 Å². The summed E-state index contributed by atoms with van der Waals surface area (Å²) in [6, 6.07) is 11.4. The third-order valence-electron chi connectivity index (χ3n) is 3.36. The Kier molecular flexibility index (Phi) is 3.70. The predicted octanol–water partition coefficient (Wildman–Crippen LogP) is 3.03. The molecule has 110 valence electrons. The van der Waals surface area contributed by atoms with Crippen LogP contribution in [0.25, 0.3) is 17.2 Å². The minimum atomic E-state index is -0.392. The Morgan fingerprint density at radius 2 is 1.86 bits per heavy atom. The second-order valence-corrected chi connectivity index (χ2v) is 4.88. The van der Waals surface area contributed by atoms with Crippen molar-refractivity contribution >= 4 is 5.97 Å². The number of imidazole rings is 1. The lowest BCUT2D eigenvalue weighted by molar-refractivity contribution is 0.0600. The van der Waals surface area contributed by atoms with Crippen molar-refractivity contribution in [2.45, 2.75) is 6.92 Å². The van der Waals surface area contributed by atoms with Crippen molar-refractivity contribution in [1.82, 2.24) is 14.5 Å². The Morgan fingerprint density at radius 3 is 2.59 bits per heavy atom. The Balaban J connectivity index is 2.05. The number of pyridine rings is 1. The normalized spacial score (nSPS) is 10.5. The molecule has 22 heavy (non-hydrogen) atoms. The second-order valence-electron chi connectivity index (χ2n) is 4.88. The highest BCUT2D eigenvalue weighted by molar-refractivity contribution is 5.90. The summed E-state index contributed by atoms with van der Waals surface area (Å²) in [5, 5.41) is 0. The third kappa shape index (κ3) is 2.61. The van der Waals surface area contributed by atoms with Gasteiger partial charge in [-0.25, -0.2) is 9.78 Å². The molecule has 5 nitrogen and oxygen atoms in total. The van der Waals surface area contributed by atoms with E-state index in [0.717, 1.165) is 5.69 Å². The van der Waals surface area contributed by atoms with Gasteiger partial charge < -0.3 is 4.74 Å². The van der Waals surface area contributed by atoms with Crippen LogP contribution in [0.2, 0.25) is 0 Å². The molecule has 0 spiro atoms. The zero-order chi connectivity index (χ0) is 15.5. The fourth-order valence-corrected chi connectivity index (χ4v) is 2.20. The number of methoxy groups -OCH3 is 1. The van der Waals surface area contributed by atoms with E-state index >= 15 is 0 Å². The van der Waals surface area contributed by atoms with E-state index in [0.29, 0.717) is 17.1 Å². The Bertz CT molecular complexity index is 807. The zero-order valence-electron chi connectivity index (χ0n) is 12.4. The van der Waals surface area contributed by atoms with Crippen molar-refractivity contribution < 1.29 is 9.53 Å². The molecule has 1 aromatic carbocycles. The van der Waals surface area contributed by atoms with Crippen LogP contribution >= 0.6 is 0 Å². The fraction of sp³-hybridized carbons (Fsp3) is 0.118. The summed E-state index contributed by atoms with van der Waals surface area (Å²) in [7, 11) is 1.36. The molecule has 2 heterocycles. The molecular weight excluding hydrogens is 278 g/mol. The van der Waals surface area contributed by atoms with Crippen molar-refractivity contribution in [2.24, 2.45) is 0 Å². The molecule has 0 fully saturated rings. The van der Waals surface area contributed by atoms with Gasteiger partial charge in [-0.3, -0.25) is 9.55 Å². The summed E-state index contributed by atoms with van der Waals surface area (Å²) in [6.45, 7) is 2.04. The van der Waals surface area contributed by atoms with Crippen LogP contribution in [0, 0.1) is 6.92 Å². The van der Waals surface area contributed by atoms with Gasteiger partial charge in [0.05, 0.1) is 12.7 Å². The van der Waals surface area contributed by atoms with Crippen LogP contribution in [0.4, 0.5) is 0 Å². The first-order valence-electron chi connectivity index (χ1n) is 6.84. The highest BCUT2D eigenvalue weighted by atomic mass is 16.5. The van der Waals surface area contributed by atoms with E-state index in [1.165, 1.54) is 12.7 Å². The maximum absolute atomic E-state index is 11.7. The number of aromatic nitrogens is 3. The lowest BCUT2D eigenvalue weighted by atomic mass is 10.2. The molecule has 3 rings (SSSR count). The van der Waals surface area contributed by atoms with Gasteiger partial charge in [-0.05, 0) is 31.2 Å². The Labute approximate surface area is 128 Å². The number of nitrogens with zero attached hydrogens (tertiary/aromatic N) is 3. The first-order chi connectivity index (χ1) is 10.7. The molecule has 0 amide bonds.